The van der Waals surface area contributed by atoms with Gasteiger partial charge in [-0.15, -0.1) is 0 Å². The number of H-pyrrole nitrogens is 1. The van der Waals surface area contributed by atoms with Crippen LogP contribution in [-0.4, -0.2) is 44.6 Å². The number of hydrogen-bond donors (Lipinski definition) is 6. The SMILES string of the molecule is N=C/C(=C\NCCO)c1ccc(N)c(NCc2n[nH]c3ncccc23)n1. The summed E-state index contributed by atoms with van der Waals surface area (Å²) in [5.74, 6) is 0.512. The van der Waals surface area contributed by atoms with Crippen molar-refractivity contribution < 1.29 is 5.11 Å². The van der Waals surface area contributed by atoms with Crippen molar-refractivity contribution in [3.8, 4) is 0 Å². The predicted molar refractivity (Wildman–Crippen MR) is 102 cm³/mol. The lowest BCUT2D eigenvalue weighted by Gasteiger charge is -2.10. The second-order valence-electron chi connectivity index (χ2n) is 5.48. The van der Waals surface area contributed by atoms with Crippen LogP contribution in [0, 0.1) is 5.41 Å². The molecule has 0 bridgehead atoms. The van der Waals surface area contributed by atoms with Crippen molar-refractivity contribution in [1.82, 2.24) is 25.5 Å². The van der Waals surface area contributed by atoms with Crippen molar-refractivity contribution in [3.05, 3.63) is 48.1 Å². The van der Waals surface area contributed by atoms with Crippen LogP contribution in [0.2, 0.25) is 0 Å². The lowest BCUT2D eigenvalue weighted by atomic mass is 10.2. The first-order valence-electron chi connectivity index (χ1n) is 8.06. The van der Waals surface area contributed by atoms with Crippen molar-refractivity contribution >= 4 is 34.3 Å². The third-order valence-electron chi connectivity index (χ3n) is 3.73. The van der Waals surface area contributed by atoms with Gasteiger partial charge in [0, 0.05) is 36.1 Å². The summed E-state index contributed by atoms with van der Waals surface area (Å²) < 4.78 is 0. The number of aromatic amines is 1. The largest absolute Gasteiger partial charge is 0.396 e. The summed E-state index contributed by atoms with van der Waals surface area (Å²) in [5.41, 5.74) is 9.22. The summed E-state index contributed by atoms with van der Waals surface area (Å²) in [5, 5.41) is 30.6. The molecule has 0 aromatic carbocycles. The lowest BCUT2D eigenvalue weighted by Crippen LogP contribution is -2.12. The quantitative estimate of drug-likeness (QED) is 0.263. The molecule has 0 saturated carbocycles. The molecular formula is C17H20N8O. The number of rotatable bonds is 8. The van der Waals surface area contributed by atoms with Crippen molar-refractivity contribution in [3.63, 3.8) is 0 Å². The van der Waals surface area contributed by atoms with Crippen LogP contribution in [0.3, 0.4) is 0 Å². The van der Waals surface area contributed by atoms with Crippen molar-refractivity contribution in [2.45, 2.75) is 6.54 Å². The first kappa shape index (κ1) is 17.4. The van der Waals surface area contributed by atoms with Crippen LogP contribution >= 0.6 is 0 Å². The minimum absolute atomic E-state index is 0.0101. The van der Waals surface area contributed by atoms with Gasteiger partial charge in [0.1, 0.15) is 5.82 Å². The number of anilines is 2. The molecular weight excluding hydrogens is 332 g/mol. The summed E-state index contributed by atoms with van der Waals surface area (Å²) in [6.45, 7) is 0.840. The Morgan fingerprint density at radius 3 is 3.04 bits per heavy atom. The van der Waals surface area contributed by atoms with Crippen molar-refractivity contribution in [2.75, 3.05) is 24.2 Å². The molecule has 0 aliphatic carbocycles. The van der Waals surface area contributed by atoms with E-state index in [9.17, 15) is 0 Å². The number of nitrogen functional groups attached to an aromatic ring is 1. The lowest BCUT2D eigenvalue weighted by molar-refractivity contribution is 0.298. The van der Waals surface area contributed by atoms with E-state index < -0.39 is 0 Å². The highest BCUT2D eigenvalue weighted by Crippen LogP contribution is 2.21. The standard InChI is InChI=1S/C17H20N8O/c18-8-11(9-20-6-7-26)14-4-3-13(19)17(23-14)22-10-15-12-2-1-5-21-16(12)25-24-15/h1-5,8-9,18,20,26H,6-7,10,19H2,(H,22,23)(H,21,24,25)/b11-9+,18-8?. The van der Waals surface area contributed by atoms with Crippen LogP contribution < -0.4 is 16.4 Å². The smallest absolute Gasteiger partial charge is 0.155 e. The Labute approximate surface area is 149 Å². The van der Waals surface area contributed by atoms with E-state index >= 15 is 0 Å². The Hall–Kier alpha value is -3.46. The molecule has 0 amide bonds. The monoisotopic (exact) mass is 352 g/mol. The summed E-state index contributed by atoms with van der Waals surface area (Å²) >= 11 is 0. The molecule has 0 atom stereocenters. The molecule has 0 fully saturated rings. The molecule has 9 heteroatoms. The third kappa shape index (κ3) is 3.78. The molecule has 26 heavy (non-hydrogen) atoms. The maximum atomic E-state index is 8.83. The van der Waals surface area contributed by atoms with E-state index in [2.05, 4.69) is 30.8 Å². The zero-order valence-electron chi connectivity index (χ0n) is 14.0. The zero-order chi connectivity index (χ0) is 18.4. The fraction of sp³-hybridized carbons (Fsp3) is 0.176. The molecule has 0 aliphatic heterocycles. The Kier molecular flexibility index (Phi) is 5.40. The second kappa shape index (κ2) is 8.08. The Balaban J connectivity index is 1.79. The van der Waals surface area contributed by atoms with Crippen LogP contribution in [-0.2, 0) is 6.54 Å². The summed E-state index contributed by atoms with van der Waals surface area (Å²) in [4.78, 5) is 8.70. The number of nitrogens with one attached hydrogen (secondary N) is 4. The maximum Gasteiger partial charge on any atom is 0.155 e. The molecule has 3 aromatic rings. The number of hydrogen-bond acceptors (Lipinski definition) is 8. The molecule has 3 rings (SSSR count). The van der Waals surface area contributed by atoms with Crippen LogP contribution in [0.25, 0.3) is 16.6 Å². The zero-order valence-corrected chi connectivity index (χ0v) is 14.0. The van der Waals surface area contributed by atoms with Gasteiger partial charge >= 0.3 is 0 Å². The van der Waals surface area contributed by atoms with Crippen molar-refractivity contribution in [1.29, 1.82) is 5.41 Å². The van der Waals surface area contributed by atoms with E-state index in [1.165, 1.54) is 6.21 Å². The van der Waals surface area contributed by atoms with Gasteiger partial charge in [0.2, 0.25) is 0 Å². The number of aliphatic hydroxyl groups excluding tert-OH is 1. The minimum Gasteiger partial charge on any atom is -0.396 e. The van der Waals surface area contributed by atoms with Crippen LogP contribution in [0.5, 0.6) is 0 Å². The first-order chi connectivity index (χ1) is 12.7. The fourth-order valence-electron chi connectivity index (χ4n) is 2.42. The van der Waals surface area contributed by atoms with Gasteiger partial charge in [-0.3, -0.25) is 5.10 Å². The maximum absolute atomic E-state index is 8.83. The number of pyridine rings is 2. The molecule has 3 heterocycles. The number of fused-ring (bicyclic) bond motifs is 1. The first-order valence-corrected chi connectivity index (χ1v) is 8.06. The second-order valence-corrected chi connectivity index (χ2v) is 5.48. The Morgan fingerprint density at radius 2 is 2.23 bits per heavy atom. The van der Waals surface area contributed by atoms with E-state index in [0.717, 1.165) is 16.7 Å². The molecule has 0 spiro atoms. The van der Waals surface area contributed by atoms with Gasteiger partial charge < -0.3 is 26.9 Å². The van der Waals surface area contributed by atoms with Crippen LogP contribution in [0.15, 0.2) is 36.7 Å². The number of aromatic nitrogens is 4. The summed E-state index contributed by atoms with van der Waals surface area (Å²) in [7, 11) is 0. The van der Waals surface area contributed by atoms with Gasteiger partial charge in [-0.05, 0) is 24.3 Å². The number of nitrogens with two attached hydrogens (primary N) is 1. The topological polar surface area (TPSA) is 149 Å². The van der Waals surface area contributed by atoms with Crippen LogP contribution in [0.1, 0.15) is 11.4 Å². The van der Waals surface area contributed by atoms with E-state index in [1.807, 2.05) is 12.1 Å². The van der Waals surface area contributed by atoms with Gasteiger partial charge in [-0.25, -0.2) is 9.97 Å². The van der Waals surface area contributed by atoms with Crippen LogP contribution in [0.4, 0.5) is 11.5 Å². The molecule has 3 aromatic heterocycles. The van der Waals surface area contributed by atoms with Crippen molar-refractivity contribution in [2.24, 2.45) is 0 Å². The molecule has 0 aliphatic rings. The van der Waals surface area contributed by atoms with E-state index in [1.54, 1.807) is 24.5 Å². The average molecular weight is 352 g/mol. The van der Waals surface area contributed by atoms with E-state index in [4.69, 9.17) is 16.2 Å². The van der Waals surface area contributed by atoms with Gasteiger partial charge in [0.25, 0.3) is 0 Å². The molecule has 0 saturated heterocycles. The fourth-order valence-corrected chi connectivity index (χ4v) is 2.42. The molecule has 9 nitrogen and oxygen atoms in total. The minimum atomic E-state index is 0.0101. The normalized spacial score (nSPS) is 11.5. The summed E-state index contributed by atoms with van der Waals surface area (Å²) in [6, 6.07) is 7.28. The molecule has 134 valence electrons. The highest BCUT2D eigenvalue weighted by atomic mass is 16.3. The van der Waals surface area contributed by atoms with Gasteiger partial charge in [-0.2, -0.15) is 5.10 Å². The Morgan fingerprint density at radius 1 is 1.35 bits per heavy atom. The molecule has 0 unspecified atom stereocenters. The highest BCUT2D eigenvalue weighted by molar-refractivity contribution is 6.07. The average Bonchev–Trinajstić information content (AvgIpc) is 3.08. The van der Waals surface area contributed by atoms with Gasteiger partial charge in [0.05, 0.1) is 30.2 Å². The predicted octanol–water partition coefficient (Wildman–Crippen LogP) is 1.12. The molecule has 0 radical (unpaired) electrons. The van der Waals surface area contributed by atoms with E-state index in [0.29, 0.717) is 35.9 Å². The number of aliphatic hydroxyl groups is 1. The van der Waals surface area contributed by atoms with Gasteiger partial charge in [-0.1, -0.05) is 0 Å². The number of allylic oxidation sites excluding steroid dienone is 1. The summed E-state index contributed by atoms with van der Waals surface area (Å²) in [6.07, 6.45) is 4.54. The van der Waals surface area contributed by atoms with E-state index in [-0.39, 0.29) is 6.61 Å². The Bertz CT molecular complexity index is 933. The number of nitrogens with zero attached hydrogens (tertiary/aromatic N) is 3. The molecule has 7 N–H and O–H groups in total. The highest BCUT2D eigenvalue weighted by Gasteiger charge is 2.09. The van der Waals surface area contributed by atoms with Gasteiger partial charge in [0.15, 0.2) is 5.65 Å². The third-order valence-corrected chi connectivity index (χ3v) is 3.73.